The molecule has 154 valence electrons. The highest BCUT2D eigenvalue weighted by atomic mass is 16.5. The molecule has 1 aliphatic rings. The molecule has 28 heavy (non-hydrogen) atoms. The molecule has 7 heteroatoms. The van der Waals surface area contributed by atoms with E-state index in [1.54, 1.807) is 33.3 Å². The van der Waals surface area contributed by atoms with Crippen LogP contribution in [0.5, 0.6) is 23.0 Å². The molecule has 1 saturated heterocycles. The summed E-state index contributed by atoms with van der Waals surface area (Å²) in [4.78, 5) is 13.1. The van der Waals surface area contributed by atoms with Crippen LogP contribution in [0.1, 0.15) is 12.0 Å². The third kappa shape index (κ3) is 6.35. The van der Waals surface area contributed by atoms with Crippen molar-refractivity contribution in [3.63, 3.8) is 0 Å². The molecule has 2 aromatic carbocycles. The molecule has 0 bridgehead atoms. The zero-order valence-corrected chi connectivity index (χ0v) is 17.1. The molecule has 1 heterocycles. The third-order valence-electron chi connectivity index (χ3n) is 4.03. The van der Waals surface area contributed by atoms with E-state index in [-0.39, 0.29) is 5.91 Å². The molecule has 0 saturated carbocycles. The van der Waals surface area contributed by atoms with Crippen LogP contribution in [-0.4, -0.2) is 58.0 Å². The summed E-state index contributed by atoms with van der Waals surface area (Å²) in [7, 11) is 7.39. The van der Waals surface area contributed by atoms with Crippen LogP contribution in [0.3, 0.4) is 0 Å². The smallest absolute Gasteiger partial charge is 0.224 e. The maximum atomic E-state index is 11.3. The number of amides is 1. The number of ether oxygens (including phenoxy) is 4. The van der Waals surface area contributed by atoms with Gasteiger partial charge >= 0.3 is 0 Å². The number of carbonyl (C=O) groups is 1. The molecule has 1 N–H and O–H groups in total. The van der Waals surface area contributed by atoms with Crippen molar-refractivity contribution in [2.45, 2.75) is 13.0 Å². The summed E-state index contributed by atoms with van der Waals surface area (Å²) in [5.74, 6) is 2.88. The van der Waals surface area contributed by atoms with Crippen LogP contribution in [0, 0.1) is 0 Å². The number of para-hydroxylation sites is 1. The lowest BCUT2D eigenvalue weighted by Gasteiger charge is -2.31. The number of likely N-dealkylation sites (tertiary alicyclic amines) is 1. The quantitative estimate of drug-likeness (QED) is 0.763. The predicted octanol–water partition coefficient (Wildman–Crippen LogP) is 2.75. The highest BCUT2D eigenvalue weighted by molar-refractivity contribution is 5.81. The van der Waals surface area contributed by atoms with Gasteiger partial charge in [0.05, 0.1) is 28.4 Å². The Hall–Kier alpha value is -2.93. The number of carbonyl (C=O) groups excluding carboxylic acids is 1. The Balaban J connectivity index is 0.000000327. The zero-order valence-electron chi connectivity index (χ0n) is 17.1. The second-order valence-corrected chi connectivity index (χ2v) is 5.62. The van der Waals surface area contributed by atoms with E-state index in [1.807, 2.05) is 42.5 Å². The largest absolute Gasteiger partial charge is 0.497 e. The van der Waals surface area contributed by atoms with E-state index in [1.165, 1.54) is 0 Å². The number of hydrogen-bond acceptors (Lipinski definition) is 6. The number of aliphatic hydroxyl groups is 1. The third-order valence-corrected chi connectivity index (χ3v) is 4.03. The minimum absolute atomic E-state index is 0.184. The topological polar surface area (TPSA) is 77.5 Å². The van der Waals surface area contributed by atoms with Gasteiger partial charge in [-0.05, 0) is 29.8 Å². The Kier molecular flexibility index (Phi) is 10.3. The lowest BCUT2D eigenvalue weighted by molar-refractivity contribution is -0.140. The highest BCUT2D eigenvalue weighted by Crippen LogP contribution is 2.38. The molecule has 0 aliphatic carbocycles. The van der Waals surface area contributed by atoms with Gasteiger partial charge in [-0.25, -0.2) is 0 Å². The summed E-state index contributed by atoms with van der Waals surface area (Å²) in [6, 6.07) is 13.4. The molecule has 1 aliphatic heterocycles. The van der Waals surface area contributed by atoms with Crippen LogP contribution < -0.4 is 18.9 Å². The van der Waals surface area contributed by atoms with Crippen molar-refractivity contribution in [2.75, 3.05) is 42.1 Å². The first kappa shape index (κ1) is 23.1. The van der Waals surface area contributed by atoms with E-state index >= 15 is 0 Å². The highest BCUT2D eigenvalue weighted by Gasteiger charge is 2.24. The van der Waals surface area contributed by atoms with Gasteiger partial charge in [0.2, 0.25) is 11.7 Å². The normalized spacial score (nSPS) is 11.8. The van der Waals surface area contributed by atoms with Crippen LogP contribution in [0.25, 0.3) is 0 Å². The zero-order chi connectivity index (χ0) is 20.9. The number of rotatable bonds is 6. The second-order valence-electron chi connectivity index (χ2n) is 5.62. The van der Waals surface area contributed by atoms with E-state index in [0.29, 0.717) is 30.2 Å². The number of methoxy groups -OCH3 is 4. The van der Waals surface area contributed by atoms with Crippen LogP contribution in [0.2, 0.25) is 0 Å². The minimum Gasteiger partial charge on any atom is -0.497 e. The molecule has 0 atom stereocenters. The van der Waals surface area contributed by atoms with Crippen molar-refractivity contribution in [3.05, 3.63) is 48.0 Å². The number of nitrogens with zero attached hydrogens (tertiary/aromatic N) is 1. The summed E-state index contributed by atoms with van der Waals surface area (Å²) in [6.45, 7) is 1.39. The van der Waals surface area contributed by atoms with Gasteiger partial charge in [-0.15, -0.1) is 0 Å². The molecule has 3 rings (SSSR count). The Bertz CT molecular complexity index is 695. The maximum Gasteiger partial charge on any atom is 0.224 e. The Morgan fingerprint density at radius 1 is 0.893 bits per heavy atom. The van der Waals surface area contributed by atoms with Gasteiger partial charge in [0.15, 0.2) is 11.5 Å². The molecule has 2 aromatic rings. The SMILES string of the molecule is CO.COc1cc(CN2CCC2=O)cc(OC)c1OC.COc1ccccc1. The fraction of sp³-hybridized carbons (Fsp3) is 0.381. The van der Waals surface area contributed by atoms with Crippen LogP contribution in [0.15, 0.2) is 42.5 Å². The Morgan fingerprint density at radius 3 is 1.79 bits per heavy atom. The lowest BCUT2D eigenvalue weighted by Crippen LogP contribution is -2.42. The van der Waals surface area contributed by atoms with Crippen molar-refractivity contribution >= 4 is 5.91 Å². The van der Waals surface area contributed by atoms with Crippen molar-refractivity contribution in [1.29, 1.82) is 0 Å². The molecule has 1 amide bonds. The van der Waals surface area contributed by atoms with Crippen molar-refractivity contribution < 1.29 is 28.8 Å². The first-order chi connectivity index (χ1) is 13.6. The van der Waals surface area contributed by atoms with Crippen LogP contribution in [-0.2, 0) is 11.3 Å². The van der Waals surface area contributed by atoms with Crippen LogP contribution >= 0.6 is 0 Å². The van der Waals surface area contributed by atoms with Gasteiger partial charge in [0, 0.05) is 26.6 Å². The van der Waals surface area contributed by atoms with E-state index in [2.05, 4.69) is 0 Å². The number of β-lactam (4-membered cyclic amide) rings is 1. The minimum atomic E-state index is 0.184. The van der Waals surface area contributed by atoms with Gasteiger partial charge in [0.1, 0.15) is 5.75 Å². The van der Waals surface area contributed by atoms with Crippen molar-refractivity contribution in [1.82, 2.24) is 4.90 Å². The summed E-state index contributed by atoms with van der Waals surface area (Å²) in [5, 5.41) is 7.00. The molecule has 0 aromatic heterocycles. The van der Waals surface area contributed by atoms with E-state index in [9.17, 15) is 4.79 Å². The predicted molar refractivity (Wildman–Crippen MR) is 107 cm³/mol. The number of benzene rings is 2. The average Bonchev–Trinajstić information content (AvgIpc) is 2.77. The molecule has 0 radical (unpaired) electrons. The summed E-state index contributed by atoms with van der Waals surface area (Å²) in [6.07, 6.45) is 0.643. The molecule has 0 unspecified atom stereocenters. The summed E-state index contributed by atoms with van der Waals surface area (Å²) >= 11 is 0. The number of hydrogen-bond donors (Lipinski definition) is 1. The standard InChI is InChI=1S/C13H17NO4.C7H8O.CH4O/c1-16-10-6-9(8-14-5-4-12(14)15)7-11(17-2)13(10)18-3;1-8-7-5-3-2-4-6-7;1-2/h6-7H,4-5,8H2,1-3H3;2-6H,1H3;2H,1H3. The fourth-order valence-electron chi connectivity index (χ4n) is 2.53. The molecular formula is C21H29NO6. The van der Waals surface area contributed by atoms with Gasteiger partial charge < -0.3 is 29.0 Å². The Morgan fingerprint density at radius 2 is 1.46 bits per heavy atom. The first-order valence-corrected chi connectivity index (χ1v) is 8.73. The maximum absolute atomic E-state index is 11.3. The monoisotopic (exact) mass is 391 g/mol. The molecule has 1 fully saturated rings. The van der Waals surface area contributed by atoms with Gasteiger partial charge in [-0.1, -0.05) is 18.2 Å². The molecular weight excluding hydrogens is 362 g/mol. The first-order valence-electron chi connectivity index (χ1n) is 8.73. The van der Waals surface area contributed by atoms with E-state index in [4.69, 9.17) is 24.1 Å². The number of aliphatic hydroxyl groups excluding tert-OH is 1. The summed E-state index contributed by atoms with van der Waals surface area (Å²) < 4.78 is 20.7. The van der Waals surface area contributed by atoms with Gasteiger partial charge in [0.25, 0.3) is 0 Å². The fourth-order valence-corrected chi connectivity index (χ4v) is 2.53. The van der Waals surface area contributed by atoms with Crippen molar-refractivity contribution in [2.24, 2.45) is 0 Å². The average molecular weight is 391 g/mol. The molecule has 7 nitrogen and oxygen atoms in total. The van der Waals surface area contributed by atoms with Crippen molar-refractivity contribution in [3.8, 4) is 23.0 Å². The van der Waals surface area contributed by atoms with E-state index < -0.39 is 0 Å². The van der Waals surface area contributed by atoms with Gasteiger partial charge in [-0.2, -0.15) is 0 Å². The van der Waals surface area contributed by atoms with E-state index in [0.717, 1.165) is 25.0 Å². The van der Waals surface area contributed by atoms with Gasteiger partial charge in [-0.3, -0.25) is 4.79 Å². The lowest BCUT2D eigenvalue weighted by atomic mass is 10.1. The Labute approximate surface area is 166 Å². The molecule has 0 spiro atoms. The second kappa shape index (κ2) is 12.5. The van der Waals surface area contributed by atoms with Crippen LogP contribution in [0.4, 0.5) is 0 Å². The summed E-state index contributed by atoms with van der Waals surface area (Å²) in [5.41, 5.74) is 0.970.